The van der Waals surface area contributed by atoms with E-state index in [0.717, 1.165) is 16.8 Å². The van der Waals surface area contributed by atoms with E-state index in [1.165, 1.54) is 24.0 Å². The van der Waals surface area contributed by atoms with Crippen LogP contribution in [-0.2, 0) is 41.7 Å². The van der Waals surface area contributed by atoms with Crippen LogP contribution in [0.5, 0.6) is 0 Å². The Morgan fingerprint density at radius 3 is 1.28 bits per heavy atom. The molecule has 0 aliphatic carbocycles. The number of hydrogen-bond acceptors (Lipinski definition) is 9. The van der Waals surface area contributed by atoms with Crippen LogP contribution in [0.3, 0.4) is 0 Å². The second-order valence-electron chi connectivity index (χ2n) is 15.9. The standard InChI is InChI=1S/C50H53N7O8/c1-64-49(62)53-43(36-14-6-3-7-15-36)47(60)56-30-12-20-41(56)45(58)51-38-26-22-34(23-27-38)32-55(40-18-10-5-11-19-40)33-35-24-28-39(29-25-35)52-46(59)42-21-13-31-57(42)48(61)44(54-50(63)65-2)37-16-8-4-9-17-37/h3-11,14-19,22-29,41-44H,12-13,20-21,30-33H2,1-2H3,(H,51,58)(H,52,59)(H,53,62)(H,54,63)/t41-,42-,43-,44+/m0/s1. The Bertz CT molecular complexity index is 2270. The fourth-order valence-corrected chi connectivity index (χ4v) is 8.31. The average molecular weight is 880 g/mol. The molecular weight excluding hydrogens is 827 g/mol. The minimum absolute atomic E-state index is 0.308. The molecule has 7 rings (SSSR count). The molecule has 2 aliphatic rings. The van der Waals surface area contributed by atoms with Gasteiger partial charge in [0.25, 0.3) is 11.8 Å². The second kappa shape index (κ2) is 21.6. The monoisotopic (exact) mass is 879 g/mol. The summed E-state index contributed by atoms with van der Waals surface area (Å²) in [5.74, 6) is -1.39. The molecule has 0 aromatic heterocycles. The third kappa shape index (κ3) is 11.5. The van der Waals surface area contributed by atoms with Crippen LogP contribution in [0, 0.1) is 0 Å². The van der Waals surface area contributed by atoms with Crippen molar-refractivity contribution in [3.8, 4) is 0 Å². The van der Waals surface area contributed by atoms with Gasteiger partial charge in [0, 0.05) is 43.2 Å². The van der Waals surface area contributed by atoms with E-state index in [9.17, 15) is 28.8 Å². The van der Waals surface area contributed by atoms with E-state index in [-0.39, 0.29) is 23.6 Å². The first kappa shape index (κ1) is 45.3. The van der Waals surface area contributed by atoms with E-state index >= 15 is 0 Å². The van der Waals surface area contributed by atoms with Gasteiger partial charge in [-0.3, -0.25) is 19.2 Å². The number of methoxy groups -OCH3 is 2. The first-order chi connectivity index (χ1) is 31.6. The number of nitrogens with one attached hydrogen (secondary N) is 4. The van der Waals surface area contributed by atoms with Crippen LogP contribution in [0.1, 0.15) is 60.0 Å². The fourth-order valence-electron chi connectivity index (χ4n) is 8.31. The second-order valence-corrected chi connectivity index (χ2v) is 15.9. The molecule has 2 heterocycles. The lowest BCUT2D eigenvalue weighted by atomic mass is 10.0. The highest BCUT2D eigenvalue weighted by molar-refractivity contribution is 6.00. The predicted molar refractivity (Wildman–Crippen MR) is 245 cm³/mol. The Hall–Kier alpha value is -7.68. The number of anilines is 3. The Balaban J connectivity index is 0.972. The molecule has 0 saturated carbocycles. The van der Waals surface area contributed by atoms with E-state index < -0.39 is 36.4 Å². The van der Waals surface area contributed by atoms with Crippen molar-refractivity contribution in [1.82, 2.24) is 20.4 Å². The first-order valence-corrected chi connectivity index (χ1v) is 21.6. The molecule has 2 aliphatic heterocycles. The van der Waals surface area contributed by atoms with Gasteiger partial charge in [-0.15, -0.1) is 0 Å². The summed E-state index contributed by atoms with van der Waals surface area (Å²) in [5.41, 5.74) is 5.36. The van der Waals surface area contributed by atoms with Crippen LogP contribution in [0.15, 0.2) is 140 Å². The summed E-state index contributed by atoms with van der Waals surface area (Å²) < 4.78 is 9.57. The third-order valence-corrected chi connectivity index (χ3v) is 11.6. The molecule has 65 heavy (non-hydrogen) atoms. The molecular formula is C50H53N7O8. The third-order valence-electron chi connectivity index (χ3n) is 11.6. The van der Waals surface area contributed by atoms with Crippen LogP contribution < -0.4 is 26.2 Å². The summed E-state index contributed by atoms with van der Waals surface area (Å²) in [6.07, 6.45) is 0.779. The summed E-state index contributed by atoms with van der Waals surface area (Å²) in [5, 5.41) is 11.2. The number of likely N-dealkylation sites (tertiary alicyclic amines) is 2. The highest BCUT2D eigenvalue weighted by Gasteiger charge is 2.40. The lowest BCUT2D eigenvalue weighted by Crippen LogP contribution is -2.48. The number of rotatable bonds is 15. The normalized spacial score (nSPS) is 16.4. The van der Waals surface area contributed by atoms with E-state index in [1.807, 2.05) is 91.0 Å². The molecule has 6 amide bonds. The first-order valence-electron chi connectivity index (χ1n) is 21.6. The number of carbonyl (C=O) groups excluding carboxylic acids is 6. The molecule has 4 atom stereocenters. The van der Waals surface area contributed by atoms with Crippen LogP contribution in [0.2, 0.25) is 0 Å². The van der Waals surface area contributed by atoms with Gasteiger partial charge in [-0.25, -0.2) is 9.59 Å². The summed E-state index contributed by atoms with van der Waals surface area (Å²) in [4.78, 5) is 84.6. The van der Waals surface area contributed by atoms with Crippen molar-refractivity contribution in [2.24, 2.45) is 0 Å². The topological polar surface area (TPSA) is 179 Å². The highest BCUT2D eigenvalue weighted by atomic mass is 16.5. The number of hydrogen-bond donors (Lipinski definition) is 4. The maximum absolute atomic E-state index is 13.8. The Kier molecular flexibility index (Phi) is 15.1. The van der Waals surface area contributed by atoms with Crippen LogP contribution >= 0.6 is 0 Å². The zero-order valence-corrected chi connectivity index (χ0v) is 36.4. The smallest absolute Gasteiger partial charge is 0.407 e. The molecule has 2 saturated heterocycles. The lowest BCUT2D eigenvalue weighted by Gasteiger charge is -2.29. The van der Waals surface area contributed by atoms with Gasteiger partial charge in [0.05, 0.1) is 14.2 Å². The number of amides is 6. The molecule has 5 aromatic carbocycles. The molecule has 336 valence electrons. The number of alkyl carbamates (subject to hydrolysis) is 2. The summed E-state index contributed by atoms with van der Waals surface area (Å²) in [6.45, 7) is 1.86. The van der Waals surface area contributed by atoms with Gasteiger partial charge in [0.15, 0.2) is 0 Å². The van der Waals surface area contributed by atoms with Gasteiger partial charge in [0.1, 0.15) is 24.2 Å². The molecule has 4 N–H and O–H groups in total. The number of nitrogens with zero attached hydrogens (tertiary/aromatic N) is 3. The Labute approximate surface area is 378 Å². The SMILES string of the molecule is COC(=O)N[C@H](C(=O)N1CCC[C@H]1C(=O)Nc1ccc(CN(Cc2ccc(NC(=O)[C@@H]3CCCN3C(=O)[C@H](NC(=O)OC)c3ccccc3)cc2)c2ccccc2)cc1)c1ccccc1. The maximum atomic E-state index is 13.8. The van der Waals surface area contributed by atoms with Gasteiger partial charge in [-0.05, 0) is 84.3 Å². The van der Waals surface area contributed by atoms with Crippen LogP contribution in [0.4, 0.5) is 26.7 Å². The number of benzene rings is 5. The van der Waals surface area contributed by atoms with Crippen molar-refractivity contribution in [3.05, 3.63) is 162 Å². The number of para-hydroxylation sites is 1. The molecule has 2 fully saturated rings. The van der Waals surface area contributed by atoms with Gasteiger partial charge in [-0.1, -0.05) is 103 Å². The van der Waals surface area contributed by atoms with Gasteiger partial charge >= 0.3 is 12.2 Å². The van der Waals surface area contributed by atoms with Crippen molar-refractivity contribution in [2.45, 2.75) is 62.9 Å². The molecule has 0 unspecified atom stereocenters. The van der Waals surface area contributed by atoms with Crippen molar-refractivity contribution >= 4 is 52.9 Å². The van der Waals surface area contributed by atoms with Gasteiger partial charge < -0.3 is 45.4 Å². The summed E-state index contributed by atoms with van der Waals surface area (Å²) in [7, 11) is 2.47. The zero-order chi connectivity index (χ0) is 45.7. The minimum atomic E-state index is -1.01. The highest BCUT2D eigenvalue weighted by Crippen LogP contribution is 2.28. The average Bonchev–Trinajstić information content (AvgIpc) is 4.06. The quantitative estimate of drug-likeness (QED) is 0.0867. The maximum Gasteiger partial charge on any atom is 0.407 e. The largest absolute Gasteiger partial charge is 0.453 e. The van der Waals surface area contributed by atoms with Crippen molar-refractivity contribution < 1.29 is 38.2 Å². The van der Waals surface area contributed by atoms with Gasteiger partial charge in [0.2, 0.25) is 11.8 Å². The summed E-state index contributed by atoms with van der Waals surface area (Å²) >= 11 is 0. The molecule has 15 nitrogen and oxygen atoms in total. The van der Waals surface area contributed by atoms with Crippen molar-refractivity contribution in [2.75, 3.05) is 42.8 Å². The van der Waals surface area contributed by atoms with Crippen molar-refractivity contribution in [3.63, 3.8) is 0 Å². The van der Waals surface area contributed by atoms with E-state index in [1.54, 1.807) is 48.5 Å². The molecule has 0 radical (unpaired) electrons. The number of carbonyl (C=O) groups is 6. The van der Waals surface area contributed by atoms with Crippen molar-refractivity contribution in [1.29, 1.82) is 0 Å². The minimum Gasteiger partial charge on any atom is -0.453 e. The fraction of sp³-hybridized carbons (Fsp3) is 0.280. The van der Waals surface area contributed by atoms with E-state index in [2.05, 4.69) is 26.2 Å². The zero-order valence-electron chi connectivity index (χ0n) is 36.4. The van der Waals surface area contributed by atoms with Crippen LogP contribution in [0.25, 0.3) is 0 Å². The van der Waals surface area contributed by atoms with E-state index in [0.29, 0.717) is 74.4 Å². The summed E-state index contributed by atoms with van der Waals surface area (Å²) in [6, 6.07) is 39.5. The predicted octanol–water partition coefficient (Wildman–Crippen LogP) is 6.95. The van der Waals surface area contributed by atoms with E-state index in [4.69, 9.17) is 9.47 Å². The van der Waals surface area contributed by atoms with Crippen LogP contribution in [-0.4, -0.2) is 85.0 Å². The van der Waals surface area contributed by atoms with Gasteiger partial charge in [-0.2, -0.15) is 0 Å². The molecule has 5 aromatic rings. The lowest BCUT2D eigenvalue weighted by molar-refractivity contribution is -0.138. The Morgan fingerprint density at radius 2 is 0.908 bits per heavy atom. The molecule has 15 heteroatoms. The molecule has 0 spiro atoms. The molecule has 0 bridgehead atoms. The Morgan fingerprint density at radius 1 is 0.538 bits per heavy atom. The number of ether oxygens (including phenoxy) is 2.